The molecule has 1 unspecified atom stereocenters. The van der Waals surface area contributed by atoms with Crippen LogP contribution in [0.5, 0.6) is 0 Å². The van der Waals surface area contributed by atoms with Gasteiger partial charge in [-0.25, -0.2) is 10.1 Å². The Kier molecular flexibility index (Phi) is 2.43. The van der Waals surface area contributed by atoms with Crippen LogP contribution in [0.2, 0.25) is 0 Å². The smallest absolute Gasteiger partial charge is 0.258 e. The number of rotatable bonds is 4. The van der Waals surface area contributed by atoms with E-state index in [1.165, 1.54) is 6.92 Å². The molecule has 1 aliphatic heterocycles. The first-order valence-electron chi connectivity index (χ1n) is 4.07. The second kappa shape index (κ2) is 3.29. The molecule has 0 aliphatic carbocycles. The lowest BCUT2D eigenvalue weighted by Gasteiger charge is -2.37. The molecule has 0 N–H and O–H groups in total. The normalized spacial score (nSPS) is 23.0. The molecule has 10 heteroatoms. The summed E-state index contributed by atoms with van der Waals surface area (Å²) in [7, 11) is 0. The van der Waals surface area contributed by atoms with Crippen molar-refractivity contribution in [1.82, 2.24) is 5.01 Å². The third kappa shape index (κ3) is 1.25. The second-order valence-electron chi connectivity index (χ2n) is 3.15. The van der Waals surface area contributed by atoms with Crippen LogP contribution in [0, 0.1) is 30.3 Å². The van der Waals surface area contributed by atoms with Crippen molar-refractivity contribution in [3.8, 4) is 0 Å². The molecule has 1 atom stereocenters. The largest absolute Gasteiger partial charge is 0.505 e. The van der Waals surface area contributed by atoms with Crippen LogP contribution in [0.1, 0.15) is 13.3 Å². The van der Waals surface area contributed by atoms with Gasteiger partial charge in [-0.3, -0.25) is 20.2 Å². The Bertz CT molecular complexity index is 315. The van der Waals surface area contributed by atoms with E-state index in [-0.39, 0.29) is 6.42 Å². The summed E-state index contributed by atoms with van der Waals surface area (Å²) >= 11 is 0. The molecule has 0 spiro atoms. The van der Waals surface area contributed by atoms with Gasteiger partial charge in [0.25, 0.3) is 0 Å². The zero-order chi connectivity index (χ0) is 11.8. The van der Waals surface area contributed by atoms with Crippen LogP contribution in [0.3, 0.4) is 0 Å². The molecule has 0 radical (unpaired) electrons. The minimum absolute atomic E-state index is 0.0249. The quantitative estimate of drug-likeness (QED) is 0.355. The van der Waals surface area contributed by atoms with Crippen molar-refractivity contribution in [3.63, 3.8) is 0 Å². The lowest BCUT2D eigenvalue weighted by atomic mass is 9.89. The van der Waals surface area contributed by atoms with Crippen molar-refractivity contribution in [3.05, 3.63) is 30.3 Å². The fraction of sp³-hybridized carbons (Fsp3) is 1.00. The van der Waals surface area contributed by atoms with Crippen LogP contribution in [-0.2, 0) is 0 Å². The molecule has 0 amide bonds. The molecule has 10 nitrogen and oxygen atoms in total. The first-order chi connectivity index (χ1) is 6.87. The highest BCUT2D eigenvalue weighted by molar-refractivity contribution is 4.94. The van der Waals surface area contributed by atoms with Crippen molar-refractivity contribution < 1.29 is 14.9 Å². The molecule has 1 heterocycles. The molecule has 1 aliphatic rings. The summed E-state index contributed by atoms with van der Waals surface area (Å²) in [6.45, 7) is 0.639. The number of nitrogens with zero attached hydrogens (tertiary/aromatic N) is 4. The average molecular weight is 220 g/mol. The van der Waals surface area contributed by atoms with E-state index in [2.05, 4.69) is 0 Å². The summed E-state index contributed by atoms with van der Waals surface area (Å²) in [4.78, 5) is 29.5. The monoisotopic (exact) mass is 220 g/mol. The van der Waals surface area contributed by atoms with Gasteiger partial charge in [-0.05, 0) is 6.42 Å². The Morgan fingerprint density at radius 1 is 1.27 bits per heavy atom. The highest BCUT2D eigenvalue weighted by atomic mass is 16.7. The van der Waals surface area contributed by atoms with E-state index in [9.17, 15) is 30.3 Å². The van der Waals surface area contributed by atoms with Crippen molar-refractivity contribution in [2.24, 2.45) is 0 Å². The Morgan fingerprint density at radius 3 is 2.00 bits per heavy atom. The summed E-state index contributed by atoms with van der Waals surface area (Å²) in [5.41, 5.74) is -2.43. The molecule has 0 aromatic heterocycles. The van der Waals surface area contributed by atoms with E-state index in [1.54, 1.807) is 0 Å². The summed E-state index contributed by atoms with van der Waals surface area (Å²) in [6, 6.07) is -1.29. The van der Waals surface area contributed by atoms with E-state index in [0.717, 1.165) is 0 Å². The Hall–Kier alpha value is -2.00. The van der Waals surface area contributed by atoms with Crippen molar-refractivity contribution in [2.75, 3.05) is 6.54 Å². The molecule has 84 valence electrons. The van der Waals surface area contributed by atoms with E-state index in [0.29, 0.717) is 5.01 Å². The molecule has 1 fully saturated rings. The SMILES string of the molecule is CCC1N([N+](=O)[O-])CC1([N+](=O)[O-])[N+](=O)[O-]. The predicted molar refractivity (Wildman–Crippen MR) is 44.5 cm³/mol. The second-order valence-corrected chi connectivity index (χ2v) is 3.15. The summed E-state index contributed by atoms with van der Waals surface area (Å²) in [5, 5.41) is 31.2. The lowest BCUT2D eigenvalue weighted by molar-refractivity contribution is -0.862. The Balaban J connectivity index is 3.01. The van der Waals surface area contributed by atoms with E-state index in [4.69, 9.17) is 0 Å². The highest BCUT2D eigenvalue weighted by Crippen LogP contribution is 2.34. The first-order valence-corrected chi connectivity index (χ1v) is 4.07. The molecule has 1 rings (SSSR count). The fourth-order valence-electron chi connectivity index (χ4n) is 1.71. The van der Waals surface area contributed by atoms with Gasteiger partial charge in [-0.2, -0.15) is 0 Å². The average Bonchev–Trinajstić information content (AvgIpc) is 2.00. The molecule has 15 heavy (non-hydrogen) atoms. The lowest BCUT2D eigenvalue weighted by Crippen LogP contribution is -2.77. The zero-order valence-corrected chi connectivity index (χ0v) is 7.73. The van der Waals surface area contributed by atoms with Crippen molar-refractivity contribution in [1.29, 1.82) is 0 Å². The molecular formula is C5H8N4O6. The van der Waals surface area contributed by atoms with Gasteiger partial charge in [0.05, 0.1) is 0 Å². The number of hydrogen-bond acceptors (Lipinski definition) is 6. The molecule has 1 saturated heterocycles. The van der Waals surface area contributed by atoms with Gasteiger partial charge >= 0.3 is 5.66 Å². The van der Waals surface area contributed by atoms with Gasteiger partial charge in [-0.15, -0.1) is 0 Å². The van der Waals surface area contributed by atoms with Crippen LogP contribution in [-0.4, -0.2) is 38.1 Å². The van der Waals surface area contributed by atoms with Gasteiger partial charge in [-0.1, -0.05) is 11.9 Å². The van der Waals surface area contributed by atoms with Gasteiger partial charge in [0, 0.05) is 0 Å². The predicted octanol–water partition coefficient (Wildman–Crippen LogP) is -0.478. The third-order valence-electron chi connectivity index (χ3n) is 2.52. The minimum Gasteiger partial charge on any atom is -0.258 e. The van der Waals surface area contributed by atoms with Crippen LogP contribution in [0.4, 0.5) is 0 Å². The minimum atomic E-state index is -2.43. The zero-order valence-electron chi connectivity index (χ0n) is 7.73. The number of hydrogen-bond donors (Lipinski definition) is 0. The van der Waals surface area contributed by atoms with Gasteiger partial charge in [0.2, 0.25) is 12.6 Å². The fourth-order valence-corrected chi connectivity index (χ4v) is 1.71. The van der Waals surface area contributed by atoms with Crippen LogP contribution in [0.25, 0.3) is 0 Å². The summed E-state index contributed by atoms with van der Waals surface area (Å²) in [6.07, 6.45) is -0.0249. The first kappa shape index (κ1) is 11.1. The van der Waals surface area contributed by atoms with Gasteiger partial charge < -0.3 is 0 Å². The maximum absolute atomic E-state index is 10.6. The van der Waals surface area contributed by atoms with E-state index < -0.39 is 33.1 Å². The number of hydrazine groups is 1. The highest BCUT2D eigenvalue weighted by Gasteiger charge is 2.78. The molecule has 0 bridgehead atoms. The van der Waals surface area contributed by atoms with Crippen LogP contribution in [0.15, 0.2) is 0 Å². The van der Waals surface area contributed by atoms with E-state index >= 15 is 0 Å². The number of nitro groups is 3. The topological polar surface area (TPSA) is 133 Å². The standard InChI is InChI=1S/C5H8N4O6/c1-2-4-5(7(10)11,8(12)13)3-6(4)9(14)15/h4H,2-3H2,1H3. The molecule has 0 aromatic carbocycles. The van der Waals surface area contributed by atoms with Gasteiger partial charge in [0.1, 0.15) is 9.85 Å². The van der Waals surface area contributed by atoms with Crippen LogP contribution >= 0.6 is 0 Å². The Labute approximate surface area is 82.9 Å². The molecular weight excluding hydrogens is 212 g/mol. The van der Waals surface area contributed by atoms with Crippen molar-refractivity contribution >= 4 is 0 Å². The van der Waals surface area contributed by atoms with Crippen LogP contribution < -0.4 is 0 Å². The molecule has 0 aromatic rings. The van der Waals surface area contributed by atoms with E-state index in [1.807, 2.05) is 0 Å². The third-order valence-corrected chi connectivity index (χ3v) is 2.52. The Morgan fingerprint density at radius 2 is 1.73 bits per heavy atom. The van der Waals surface area contributed by atoms with Crippen molar-refractivity contribution in [2.45, 2.75) is 25.0 Å². The summed E-state index contributed by atoms with van der Waals surface area (Å²) in [5.74, 6) is 0. The maximum Gasteiger partial charge on any atom is 0.505 e. The molecule has 0 saturated carbocycles. The van der Waals surface area contributed by atoms with Gasteiger partial charge in [0.15, 0.2) is 5.03 Å². The maximum atomic E-state index is 10.6. The summed E-state index contributed by atoms with van der Waals surface area (Å²) < 4.78 is 0.